The van der Waals surface area contributed by atoms with E-state index in [0.717, 1.165) is 0 Å². The molecule has 0 fully saturated rings. The Balaban J connectivity index is 2.47. The molecule has 1 aliphatic heterocycles. The first-order valence-corrected chi connectivity index (χ1v) is 4.22. The zero-order valence-corrected chi connectivity index (χ0v) is 7.69. The summed E-state index contributed by atoms with van der Waals surface area (Å²) in [7, 11) is 0. The molecule has 1 aliphatic rings. The van der Waals surface area contributed by atoms with E-state index in [4.69, 9.17) is 4.74 Å². The molecule has 0 saturated carbocycles. The first-order valence-electron chi connectivity index (χ1n) is 4.22. The first kappa shape index (κ1) is 8.74. The Morgan fingerprint density at radius 3 is 3.00 bits per heavy atom. The minimum Gasteiger partial charge on any atom is -0.470 e. The molecule has 0 radical (unpaired) electrons. The zero-order valence-electron chi connectivity index (χ0n) is 7.69. The summed E-state index contributed by atoms with van der Waals surface area (Å²) in [5, 5.41) is 0. The number of amides is 1. The Kier molecular flexibility index (Phi) is 1.96. The van der Waals surface area contributed by atoms with Crippen LogP contribution in [0, 0.1) is 0 Å². The standard InChI is InChI=1S/C10H9NO3/c1-7(13)8-2-3-10-9(4-8)11(5-12)6-14-10/h2-5H,6H2,1H3. The number of hydrogen-bond donors (Lipinski definition) is 0. The van der Waals surface area contributed by atoms with E-state index >= 15 is 0 Å². The Hall–Kier alpha value is -1.84. The van der Waals surface area contributed by atoms with Gasteiger partial charge in [0.2, 0.25) is 6.41 Å². The number of hydrogen-bond acceptors (Lipinski definition) is 3. The van der Waals surface area contributed by atoms with Crippen molar-refractivity contribution in [2.24, 2.45) is 0 Å². The van der Waals surface area contributed by atoms with Crippen LogP contribution >= 0.6 is 0 Å². The van der Waals surface area contributed by atoms with Crippen LogP contribution in [0.2, 0.25) is 0 Å². The molecule has 0 aromatic heterocycles. The van der Waals surface area contributed by atoms with Crippen molar-refractivity contribution >= 4 is 17.9 Å². The number of ether oxygens (including phenoxy) is 1. The molecule has 72 valence electrons. The number of carbonyl (C=O) groups excluding carboxylic acids is 2. The second-order valence-electron chi connectivity index (χ2n) is 3.09. The smallest absolute Gasteiger partial charge is 0.216 e. The predicted molar refractivity (Wildman–Crippen MR) is 50.5 cm³/mol. The van der Waals surface area contributed by atoms with Gasteiger partial charge in [0.25, 0.3) is 0 Å². The number of ketones is 1. The fraction of sp³-hybridized carbons (Fsp3) is 0.200. The molecular weight excluding hydrogens is 182 g/mol. The number of anilines is 1. The molecule has 4 nitrogen and oxygen atoms in total. The average Bonchev–Trinajstić information content (AvgIpc) is 2.59. The lowest BCUT2D eigenvalue weighted by molar-refractivity contribution is -0.107. The maximum atomic E-state index is 11.1. The minimum absolute atomic E-state index is 0.0226. The van der Waals surface area contributed by atoms with Crippen molar-refractivity contribution in [3.05, 3.63) is 23.8 Å². The average molecular weight is 191 g/mol. The topological polar surface area (TPSA) is 46.6 Å². The lowest BCUT2D eigenvalue weighted by Gasteiger charge is -2.06. The van der Waals surface area contributed by atoms with E-state index in [-0.39, 0.29) is 12.5 Å². The minimum atomic E-state index is -0.0226. The number of Topliss-reactive ketones (excluding diaryl/α,β-unsaturated/α-hetero) is 1. The van der Waals surface area contributed by atoms with Gasteiger partial charge in [-0.05, 0) is 25.1 Å². The van der Waals surface area contributed by atoms with Crippen LogP contribution in [-0.4, -0.2) is 18.9 Å². The fourth-order valence-corrected chi connectivity index (χ4v) is 1.38. The van der Waals surface area contributed by atoms with Gasteiger partial charge in [0.05, 0.1) is 5.69 Å². The van der Waals surface area contributed by atoms with Gasteiger partial charge >= 0.3 is 0 Å². The Bertz CT molecular complexity index is 400. The van der Waals surface area contributed by atoms with Gasteiger partial charge in [0.15, 0.2) is 12.5 Å². The van der Waals surface area contributed by atoms with E-state index in [9.17, 15) is 9.59 Å². The molecule has 0 saturated heterocycles. The van der Waals surface area contributed by atoms with E-state index in [1.54, 1.807) is 18.2 Å². The monoisotopic (exact) mass is 191 g/mol. The van der Waals surface area contributed by atoms with Gasteiger partial charge in [-0.1, -0.05) is 0 Å². The van der Waals surface area contributed by atoms with E-state index in [2.05, 4.69) is 0 Å². The normalized spacial score (nSPS) is 13.4. The summed E-state index contributed by atoms with van der Waals surface area (Å²) < 4.78 is 5.22. The third-order valence-electron chi connectivity index (χ3n) is 2.16. The van der Waals surface area contributed by atoms with E-state index in [1.807, 2.05) is 0 Å². The predicted octanol–water partition coefficient (Wildman–Crippen LogP) is 1.20. The molecule has 2 rings (SSSR count). The van der Waals surface area contributed by atoms with Crippen LogP contribution in [0.3, 0.4) is 0 Å². The summed E-state index contributed by atoms with van der Waals surface area (Å²) in [5.74, 6) is 0.618. The summed E-state index contributed by atoms with van der Waals surface area (Å²) >= 11 is 0. The molecule has 1 amide bonds. The summed E-state index contributed by atoms with van der Waals surface area (Å²) in [4.78, 5) is 23.1. The lowest BCUT2D eigenvalue weighted by Crippen LogP contribution is -2.19. The molecule has 0 atom stereocenters. The van der Waals surface area contributed by atoms with Crippen molar-refractivity contribution < 1.29 is 14.3 Å². The molecule has 1 aromatic rings. The molecule has 1 heterocycles. The van der Waals surface area contributed by atoms with E-state index < -0.39 is 0 Å². The Morgan fingerprint density at radius 1 is 1.57 bits per heavy atom. The molecule has 0 unspecified atom stereocenters. The van der Waals surface area contributed by atoms with Crippen molar-refractivity contribution in [1.29, 1.82) is 0 Å². The van der Waals surface area contributed by atoms with Crippen LogP contribution in [0.4, 0.5) is 5.69 Å². The van der Waals surface area contributed by atoms with Crippen LogP contribution in [0.15, 0.2) is 18.2 Å². The molecule has 4 heteroatoms. The van der Waals surface area contributed by atoms with Gasteiger partial charge in [0.1, 0.15) is 5.75 Å². The van der Waals surface area contributed by atoms with Crippen molar-refractivity contribution in [3.8, 4) is 5.75 Å². The maximum absolute atomic E-state index is 11.1. The largest absolute Gasteiger partial charge is 0.470 e. The highest BCUT2D eigenvalue weighted by molar-refractivity contribution is 5.96. The van der Waals surface area contributed by atoms with Crippen LogP contribution < -0.4 is 9.64 Å². The van der Waals surface area contributed by atoms with Crippen molar-refractivity contribution in [3.63, 3.8) is 0 Å². The molecular formula is C10H9NO3. The highest BCUT2D eigenvalue weighted by Crippen LogP contribution is 2.33. The summed E-state index contributed by atoms with van der Waals surface area (Å²) in [6.07, 6.45) is 0.690. The van der Waals surface area contributed by atoms with Gasteiger partial charge in [-0.3, -0.25) is 14.5 Å². The quantitative estimate of drug-likeness (QED) is 0.521. The third kappa shape index (κ3) is 1.25. The Labute approximate surface area is 81.1 Å². The van der Waals surface area contributed by atoms with Gasteiger partial charge in [-0.2, -0.15) is 0 Å². The molecule has 14 heavy (non-hydrogen) atoms. The molecule has 0 N–H and O–H groups in total. The molecule has 0 spiro atoms. The lowest BCUT2D eigenvalue weighted by atomic mass is 10.1. The number of rotatable bonds is 2. The molecule has 0 bridgehead atoms. The second kappa shape index (κ2) is 3.14. The third-order valence-corrected chi connectivity index (χ3v) is 2.16. The number of fused-ring (bicyclic) bond motifs is 1. The van der Waals surface area contributed by atoms with Gasteiger partial charge in [-0.25, -0.2) is 0 Å². The molecule has 0 aliphatic carbocycles. The van der Waals surface area contributed by atoms with Crippen molar-refractivity contribution in [1.82, 2.24) is 0 Å². The van der Waals surface area contributed by atoms with Crippen molar-refractivity contribution in [2.45, 2.75) is 6.92 Å². The Morgan fingerprint density at radius 2 is 2.36 bits per heavy atom. The first-order chi connectivity index (χ1) is 6.72. The summed E-state index contributed by atoms with van der Waals surface area (Å²) in [6, 6.07) is 5.06. The van der Waals surface area contributed by atoms with Crippen molar-refractivity contribution in [2.75, 3.05) is 11.6 Å². The van der Waals surface area contributed by atoms with Crippen LogP contribution in [0.25, 0.3) is 0 Å². The van der Waals surface area contributed by atoms with E-state index in [0.29, 0.717) is 23.4 Å². The zero-order chi connectivity index (χ0) is 10.1. The number of carbonyl (C=O) groups is 2. The number of nitrogens with zero attached hydrogens (tertiary/aromatic N) is 1. The van der Waals surface area contributed by atoms with Gasteiger partial charge < -0.3 is 4.74 Å². The summed E-state index contributed by atoms with van der Waals surface area (Å²) in [5.41, 5.74) is 1.24. The molecule has 1 aromatic carbocycles. The summed E-state index contributed by atoms with van der Waals surface area (Å²) in [6.45, 7) is 1.71. The fourth-order valence-electron chi connectivity index (χ4n) is 1.38. The van der Waals surface area contributed by atoms with Crippen LogP contribution in [0.5, 0.6) is 5.75 Å². The van der Waals surface area contributed by atoms with E-state index in [1.165, 1.54) is 11.8 Å². The highest BCUT2D eigenvalue weighted by Gasteiger charge is 2.20. The van der Waals surface area contributed by atoms with Gasteiger partial charge in [0, 0.05) is 5.56 Å². The SMILES string of the molecule is CC(=O)c1ccc2c(c1)N(C=O)CO2. The highest BCUT2D eigenvalue weighted by atomic mass is 16.5. The maximum Gasteiger partial charge on any atom is 0.216 e. The second-order valence-corrected chi connectivity index (χ2v) is 3.09. The van der Waals surface area contributed by atoms with Crippen LogP contribution in [-0.2, 0) is 4.79 Å². The van der Waals surface area contributed by atoms with Gasteiger partial charge in [-0.15, -0.1) is 0 Å². The number of benzene rings is 1. The van der Waals surface area contributed by atoms with Crippen LogP contribution in [0.1, 0.15) is 17.3 Å².